The molecule has 2 aromatic rings. The molecule has 1 aliphatic rings. The Kier molecular flexibility index (Phi) is 3.51. The quantitative estimate of drug-likeness (QED) is 0.852. The van der Waals surface area contributed by atoms with Crippen LogP contribution in [-0.2, 0) is 7.05 Å². The third kappa shape index (κ3) is 2.40. The molecule has 0 aliphatic carbocycles. The van der Waals surface area contributed by atoms with Crippen molar-refractivity contribution in [3.8, 4) is 5.88 Å². The summed E-state index contributed by atoms with van der Waals surface area (Å²) in [4.78, 5) is 18.2. The Labute approximate surface area is 125 Å². The summed E-state index contributed by atoms with van der Waals surface area (Å²) >= 11 is 0. The Balaban J connectivity index is 1.95. The van der Waals surface area contributed by atoms with Crippen molar-refractivity contribution in [2.24, 2.45) is 7.05 Å². The van der Waals surface area contributed by atoms with E-state index >= 15 is 0 Å². The Morgan fingerprint density at radius 2 is 2.18 bits per heavy atom. The first-order valence-corrected chi connectivity index (χ1v) is 6.72. The van der Waals surface area contributed by atoms with Gasteiger partial charge < -0.3 is 4.74 Å². The Morgan fingerprint density at radius 1 is 1.41 bits per heavy atom. The summed E-state index contributed by atoms with van der Waals surface area (Å²) in [5.41, 5.74) is 0.974. The maximum absolute atomic E-state index is 12.8. The first-order chi connectivity index (χ1) is 10.5. The minimum absolute atomic E-state index is 0.0220. The first-order valence-electron chi connectivity index (χ1n) is 6.72. The smallest absolute Gasteiger partial charge is 0.280 e. The molecule has 3 heterocycles. The molecule has 0 fully saturated rings. The number of anilines is 1. The van der Waals surface area contributed by atoms with Gasteiger partial charge in [0.15, 0.2) is 5.69 Å². The predicted octanol–water partition coefficient (Wildman–Crippen LogP) is 2.10. The van der Waals surface area contributed by atoms with E-state index in [1.54, 1.807) is 12.1 Å². The van der Waals surface area contributed by atoms with Gasteiger partial charge in [-0.25, -0.2) is 13.8 Å². The largest absolute Gasteiger partial charge is 0.474 e. The second-order valence-corrected chi connectivity index (χ2v) is 4.96. The van der Waals surface area contributed by atoms with E-state index in [1.807, 2.05) is 6.92 Å². The summed E-state index contributed by atoms with van der Waals surface area (Å²) < 4.78 is 32.1. The van der Waals surface area contributed by atoms with Gasteiger partial charge in [0.25, 0.3) is 12.3 Å². The van der Waals surface area contributed by atoms with Crippen LogP contribution in [-0.4, -0.2) is 33.8 Å². The number of amides is 1. The summed E-state index contributed by atoms with van der Waals surface area (Å²) in [5.74, 6) is -0.0812. The number of rotatable bonds is 2. The summed E-state index contributed by atoms with van der Waals surface area (Å²) in [6, 6.07) is 4.60. The van der Waals surface area contributed by atoms with Gasteiger partial charge in [-0.15, -0.1) is 0 Å². The van der Waals surface area contributed by atoms with E-state index in [0.29, 0.717) is 24.7 Å². The lowest BCUT2D eigenvalue weighted by Crippen LogP contribution is -2.38. The molecule has 116 valence electrons. The van der Waals surface area contributed by atoms with Crippen LogP contribution in [0.5, 0.6) is 5.88 Å². The van der Waals surface area contributed by atoms with E-state index in [-0.39, 0.29) is 11.4 Å². The van der Waals surface area contributed by atoms with Crippen LogP contribution >= 0.6 is 0 Å². The fourth-order valence-electron chi connectivity index (χ4n) is 2.33. The van der Waals surface area contributed by atoms with Crippen molar-refractivity contribution in [1.82, 2.24) is 14.8 Å². The molecule has 0 saturated heterocycles. The SMILES string of the molecule is Cc1ccc2c(n1)OCCN2C(=O)c1cc(C(F)F)n(C)n1. The van der Waals surface area contributed by atoms with E-state index in [9.17, 15) is 13.6 Å². The number of carbonyl (C=O) groups excluding carboxylic acids is 1. The van der Waals surface area contributed by atoms with Gasteiger partial charge in [-0.05, 0) is 25.1 Å². The van der Waals surface area contributed by atoms with Crippen LogP contribution < -0.4 is 9.64 Å². The normalized spacial score (nSPS) is 14.0. The number of aryl methyl sites for hydroxylation is 2. The average molecular weight is 308 g/mol. The van der Waals surface area contributed by atoms with Crippen LogP contribution in [0.15, 0.2) is 18.2 Å². The Hall–Kier alpha value is -2.51. The minimum Gasteiger partial charge on any atom is -0.474 e. The molecule has 0 spiro atoms. The molecule has 0 N–H and O–H groups in total. The zero-order chi connectivity index (χ0) is 15.9. The van der Waals surface area contributed by atoms with Gasteiger partial charge >= 0.3 is 0 Å². The summed E-state index contributed by atoms with van der Waals surface area (Å²) in [6.45, 7) is 2.43. The van der Waals surface area contributed by atoms with E-state index in [2.05, 4.69) is 10.1 Å². The monoisotopic (exact) mass is 308 g/mol. The molecule has 1 aliphatic heterocycles. The lowest BCUT2D eigenvalue weighted by atomic mass is 10.2. The first kappa shape index (κ1) is 14.4. The number of hydrogen-bond donors (Lipinski definition) is 0. The highest BCUT2D eigenvalue weighted by Gasteiger charge is 2.28. The second kappa shape index (κ2) is 5.36. The summed E-state index contributed by atoms with van der Waals surface area (Å²) in [5, 5.41) is 3.88. The molecule has 8 heteroatoms. The van der Waals surface area contributed by atoms with Crippen molar-refractivity contribution in [2.75, 3.05) is 18.1 Å². The van der Waals surface area contributed by atoms with Crippen molar-refractivity contribution < 1.29 is 18.3 Å². The molecule has 0 aromatic carbocycles. The van der Waals surface area contributed by atoms with Crippen LogP contribution in [0, 0.1) is 6.92 Å². The van der Waals surface area contributed by atoms with Crippen LogP contribution in [0.3, 0.4) is 0 Å². The predicted molar refractivity (Wildman–Crippen MR) is 74.3 cm³/mol. The molecule has 0 saturated carbocycles. The zero-order valence-corrected chi connectivity index (χ0v) is 12.1. The van der Waals surface area contributed by atoms with Gasteiger partial charge in [0, 0.05) is 12.7 Å². The van der Waals surface area contributed by atoms with E-state index in [1.165, 1.54) is 11.9 Å². The summed E-state index contributed by atoms with van der Waals surface area (Å²) in [7, 11) is 1.39. The van der Waals surface area contributed by atoms with Gasteiger partial charge in [-0.2, -0.15) is 5.10 Å². The molecule has 6 nitrogen and oxygen atoms in total. The number of carbonyl (C=O) groups is 1. The highest BCUT2D eigenvalue weighted by Crippen LogP contribution is 2.31. The van der Waals surface area contributed by atoms with Crippen molar-refractivity contribution in [1.29, 1.82) is 0 Å². The van der Waals surface area contributed by atoms with Gasteiger partial charge in [0.1, 0.15) is 18.0 Å². The van der Waals surface area contributed by atoms with Gasteiger partial charge in [0.05, 0.1) is 6.54 Å². The van der Waals surface area contributed by atoms with Crippen LogP contribution in [0.1, 0.15) is 28.3 Å². The molecule has 0 radical (unpaired) electrons. The maximum atomic E-state index is 12.8. The summed E-state index contributed by atoms with van der Waals surface area (Å²) in [6.07, 6.45) is -2.68. The fourth-order valence-corrected chi connectivity index (χ4v) is 2.33. The van der Waals surface area contributed by atoms with Crippen molar-refractivity contribution >= 4 is 11.6 Å². The molecule has 0 bridgehead atoms. The van der Waals surface area contributed by atoms with Crippen LogP contribution in [0.2, 0.25) is 0 Å². The lowest BCUT2D eigenvalue weighted by Gasteiger charge is -2.28. The second-order valence-electron chi connectivity index (χ2n) is 4.96. The molecule has 1 amide bonds. The average Bonchev–Trinajstić information content (AvgIpc) is 2.87. The standard InChI is InChI=1S/C14H14F2N4O2/c1-8-3-4-10-13(17-8)22-6-5-20(10)14(21)9-7-11(12(15)16)19(2)18-9/h3-4,7,12H,5-6H2,1-2H3. The highest BCUT2D eigenvalue weighted by molar-refractivity contribution is 6.05. The van der Waals surface area contributed by atoms with Crippen LogP contribution in [0.4, 0.5) is 14.5 Å². The number of aromatic nitrogens is 3. The highest BCUT2D eigenvalue weighted by atomic mass is 19.3. The molecular formula is C14H14F2N4O2. The number of pyridine rings is 1. The third-order valence-corrected chi connectivity index (χ3v) is 3.43. The van der Waals surface area contributed by atoms with E-state index < -0.39 is 12.3 Å². The van der Waals surface area contributed by atoms with E-state index in [4.69, 9.17) is 4.74 Å². The third-order valence-electron chi connectivity index (χ3n) is 3.43. The number of ether oxygens (including phenoxy) is 1. The van der Waals surface area contributed by atoms with Gasteiger partial charge in [0.2, 0.25) is 5.88 Å². The van der Waals surface area contributed by atoms with Crippen molar-refractivity contribution in [3.63, 3.8) is 0 Å². The Bertz CT molecular complexity index is 730. The van der Waals surface area contributed by atoms with Crippen LogP contribution in [0.25, 0.3) is 0 Å². The zero-order valence-electron chi connectivity index (χ0n) is 12.1. The number of hydrogen-bond acceptors (Lipinski definition) is 4. The van der Waals surface area contributed by atoms with E-state index in [0.717, 1.165) is 16.4 Å². The molecule has 22 heavy (non-hydrogen) atoms. The Morgan fingerprint density at radius 3 is 2.86 bits per heavy atom. The maximum Gasteiger partial charge on any atom is 0.280 e. The van der Waals surface area contributed by atoms with Gasteiger partial charge in [-0.1, -0.05) is 0 Å². The number of fused-ring (bicyclic) bond motifs is 1. The van der Waals surface area contributed by atoms with Crippen molar-refractivity contribution in [2.45, 2.75) is 13.3 Å². The minimum atomic E-state index is -2.68. The number of alkyl halides is 2. The molecule has 0 atom stereocenters. The van der Waals surface area contributed by atoms with Crippen molar-refractivity contribution in [3.05, 3.63) is 35.3 Å². The topological polar surface area (TPSA) is 60.2 Å². The number of halogens is 2. The molecular weight excluding hydrogens is 294 g/mol. The van der Waals surface area contributed by atoms with Gasteiger partial charge in [-0.3, -0.25) is 14.4 Å². The molecule has 2 aromatic heterocycles. The lowest BCUT2D eigenvalue weighted by molar-refractivity contribution is 0.0970. The fraction of sp³-hybridized carbons (Fsp3) is 0.357. The molecule has 3 rings (SSSR count). The number of nitrogens with zero attached hydrogens (tertiary/aromatic N) is 4. The molecule has 0 unspecified atom stereocenters.